The molecular weight excluding hydrogens is 266 g/mol. The number of para-hydroxylation sites is 2. The van der Waals surface area contributed by atoms with E-state index in [0.29, 0.717) is 25.4 Å². The molecule has 1 fully saturated rings. The van der Waals surface area contributed by atoms with E-state index in [2.05, 4.69) is 20.4 Å². The van der Waals surface area contributed by atoms with Gasteiger partial charge >= 0.3 is 0 Å². The third-order valence-electron chi connectivity index (χ3n) is 3.54. The van der Waals surface area contributed by atoms with Crippen LogP contribution in [-0.4, -0.2) is 45.1 Å². The van der Waals surface area contributed by atoms with Crippen LogP contribution >= 0.6 is 0 Å². The number of hydrogen-bond acceptors (Lipinski definition) is 3. The molecule has 21 heavy (non-hydrogen) atoms. The van der Waals surface area contributed by atoms with E-state index in [4.69, 9.17) is 14.2 Å². The van der Waals surface area contributed by atoms with Gasteiger partial charge in [0, 0.05) is 0 Å². The first-order valence-corrected chi connectivity index (χ1v) is 7.63. The molecule has 1 unspecified atom stereocenters. The number of quaternary nitrogens is 1. The highest BCUT2D eigenvalue weighted by molar-refractivity contribution is 5.39. The first kappa shape index (κ1) is 15.9. The summed E-state index contributed by atoms with van der Waals surface area (Å²) in [6.07, 6.45) is 2.39. The Balaban J connectivity index is 1.81. The normalized spacial score (nSPS) is 25.3. The van der Waals surface area contributed by atoms with Crippen molar-refractivity contribution in [2.75, 3.05) is 32.8 Å². The average Bonchev–Trinajstić information content (AvgIpc) is 2.45. The highest BCUT2D eigenvalue weighted by atomic mass is 16.5. The smallest absolute Gasteiger partial charge is 0.161 e. The Bertz CT molecular complexity index is 439. The van der Waals surface area contributed by atoms with Gasteiger partial charge in [0.2, 0.25) is 0 Å². The maximum absolute atomic E-state index is 5.89. The van der Waals surface area contributed by atoms with E-state index in [1.807, 2.05) is 24.3 Å². The first-order valence-electron chi connectivity index (χ1n) is 7.63. The zero-order valence-corrected chi connectivity index (χ0v) is 13.0. The maximum Gasteiger partial charge on any atom is 0.161 e. The van der Waals surface area contributed by atoms with Gasteiger partial charge in [0.15, 0.2) is 11.5 Å². The van der Waals surface area contributed by atoms with Gasteiger partial charge in [-0.05, 0) is 26.0 Å². The van der Waals surface area contributed by atoms with Crippen molar-refractivity contribution in [3.63, 3.8) is 0 Å². The Morgan fingerprint density at radius 3 is 2.43 bits per heavy atom. The van der Waals surface area contributed by atoms with Gasteiger partial charge in [-0.3, -0.25) is 0 Å². The summed E-state index contributed by atoms with van der Waals surface area (Å²) in [5.41, 5.74) is 0. The molecule has 1 aliphatic rings. The van der Waals surface area contributed by atoms with Crippen molar-refractivity contribution in [3.8, 4) is 11.5 Å². The molecule has 1 N–H and O–H groups in total. The van der Waals surface area contributed by atoms with E-state index < -0.39 is 0 Å². The Labute approximate surface area is 127 Å². The fourth-order valence-corrected chi connectivity index (χ4v) is 2.74. The van der Waals surface area contributed by atoms with E-state index in [0.717, 1.165) is 31.1 Å². The van der Waals surface area contributed by atoms with Crippen LogP contribution in [0.4, 0.5) is 0 Å². The molecule has 1 aromatic carbocycles. The molecule has 1 aromatic rings. The van der Waals surface area contributed by atoms with E-state index in [1.165, 1.54) is 4.90 Å². The van der Waals surface area contributed by atoms with Gasteiger partial charge in [-0.25, -0.2) is 0 Å². The van der Waals surface area contributed by atoms with Crippen LogP contribution in [0.15, 0.2) is 36.9 Å². The van der Waals surface area contributed by atoms with Gasteiger partial charge in [0.1, 0.15) is 45.1 Å². The van der Waals surface area contributed by atoms with Crippen molar-refractivity contribution < 1.29 is 19.1 Å². The quantitative estimate of drug-likeness (QED) is 0.769. The fraction of sp³-hybridized carbons (Fsp3) is 0.529. The summed E-state index contributed by atoms with van der Waals surface area (Å²) in [7, 11) is 0. The minimum absolute atomic E-state index is 0.326. The summed E-state index contributed by atoms with van der Waals surface area (Å²) in [6.45, 7) is 12.2. The van der Waals surface area contributed by atoms with Crippen LogP contribution in [0.5, 0.6) is 11.5 Å². The second kappa shape index (κ2) is 8.05. The Hall–Kier alpha value is -1.52. The predicted octanol–water partition coefficient (Wildman–Crippen LogP) is 1.32. The number of ether oxygens (including phenoxy) is 3. The minimum Gasteiger partial charge on any atom is -0.486 e. The Morgan fingerprint density at radius 1 is 1.19 bits per heavy atom. The van der Waals surface area contributed by atoms with E-state index in [9.17, 15) is 0 Å². The monoisotopic (exact) mass is 292 g/mol. The van der Waals surface area contributed by atoms with Crippen LogP contribution in [0, 0.1) is 0 Å². The van der Waals surface area contributed by atoms with Crippen molar-refractivity contribution in [2.45, 2.75) is 26.1 Å². The van der Waals surface area contributed by atoms with Crippen LogP contribution < -0.4 is 14.4 Å². The fourth-order valence-electron chi connectivity index (χ4n) is 2.74. The topological polar surface area (TPSA) is 32.1 Å². The summed E-state index contributed by atoms with van der Waals surface area (Å²) in [5.74, 6) is 1.57. The van der Waals surface area contributed by atoms with E-state index >= 15 is 0 Å². The minimum atomic E-state index is 0.326. The van der Waals surface area contributed by atoms with E-state index in [-0.39, 0.29) is 0 Å². The summed E-state index contributed by atoms with van der Waals surface area (Å²) < 4.78 is 17.2. The number of nitrogens with one attached hydrogen (secondary N) is 1. The Kier molecular flexibility index (Phi) is 6.08. The summed E-state index contributed by atoms with van der Waals surface area (Å²) >= 11 is 0. The molecule has 0 amide bonds. The standard InChI is InChI=1S/C17H25NO3/c1-4-10-19-16-7-5-6-8-17(16)20-11-9-18-12-14(2)21-15(3)13-18/h4-8,14-15H,1,9-13H2,2-3H3/p+1/t14-,15+. The molecule has 0 radical (unpaired) electrons. The van der Waals surface area contributed by atoms with Gasteiger partial charge in [-0.15, -0.1) is 0 Å². The SMILES string of the molecule is C=CCOc1ccccc1OCC[NH+]1C[C@@H](C)O[C@@H](C)C1. The molecule has 1 heterocycles. The number of morpholine rings is 1. The van der Waals surface area contributed by atoms with Gasteiger partial charge in [-0.1, -0.05) is 24.8 Å². The highest BCUT2D eigenvalue weighted by Crippen LogP contribution is 2.26. The summed E-state index contributed by atoms with van der Waals surface area (Å²) in [5, 5.41) is 0. The van der Waals surface area contributed by atoms with Crippen molar-refractivity contribution in [1.82, 2.24) is 0 Å². The maximum atomic E-state index is 5.89. The Morgan fingerprint density at radius 2 is 1.81 bits per heavy atom. The second-order valence-electron chi connectivity index (χ2n) is 5.56. The lowest BCUT2D eigenvalue weighted by Crippen LogP contribution is -3.16. The molecule has 1 aliphatic heterocycles. The lowest BCUT2D eigenvalue weighted by molar-refractivity contribution is -0.915. The zero-order valence-electron chi connectivity index (χ0n) is 13.0. The largest absolute Gasteiger partial charge is 0.486 e. The van der Waals surface area contributed by atoms with Crippen molar-refractivity contribution in [3.05, 3.63) is 36.9 Å². The molecule has 1 saturated heterocycles. The predicted molar refractivity (Wildman–Crippen MR) is 83.2 cm³/mol. The molecule has 0 aliphatic carbocycles. The number of benzene rings is 1. The number of hydrogen-bond donors (Lipinski definition) is 1. The van der Waals surface area contributed by atoms with Crippen molar-refractivity contribution in [2.24, 2.45) is 0 Å². The molecule has 0 bridgehead atoms. The average molecular weight is 292 g/mol. The van der Waals surface area contributed by atoms with Crippen LogP contribution in [-0.2, 0) is 4.74 Å². The first-order chi connectivity index (χ1) is 10.2. The van der Waals surface area contributed by atoms with Gasteiger partial charge in [-0.2, -0.15) is 0 Å². The van der Waals surface area contributed by atoms with Crippen LogP contribution in [0.25, 0.3) is 0 Å². The summed E-state index contributed by atoms with van der Waals surface area (Å²) in [6, 6.07) is 7.77. The van der Waals surface area contributed by atoms with Crippen molar-refractivity contribution >= 4 is 0 Å². The number of rotatable bonds is 7. The summed E-state index contributed by atoms with van der Waals surface area (Å²) in [4.78, 5) is 1.53. The lowest BCUT2D eigenvalue weighted by atomic mass is 10.2. The van der Waals surface area contributed by atoms with Crippen molar-refractivity contribution in [1.29, 1.82) is 0 Å². The van der Waals surface area contributed by atoms with Crippen LogP contribution in [0.2, 0.25) is 0 Å². The molecule has 3 atom stereocenters. The molecule has 116 valence electrons. The molecular formula is C17H26NO3+. The third-order valence-corrected chi connectivity index (χ3v) is 3.54. The van der Waals surface area contributed by atoms with E-state index in [1.54, 1.807) is 6.08 Å². The van der Waals surface area contributed by atoms with Gasteiger partial charge in [0.25, 0.3) is 0 Å². The van der Waals surface area contributed by atoms with Crippen LogP contribution in [0.1, 0.15) is 13.8 Å². The molecule has 0 spiro atoms. The van der Waals surface area contributed by atoms with Crippen LogP contribution in [0.3, 0.4) is 0 Å². The van der Waals surface area contributed by atoms with Gasteiger partial charge < -0.3 is 19.1 Å². The highest BCUT2D eigenvalue weighted by Gasteiger charge is 2.25. The zero-order chi connectivity index (χ0) is 15.1. The second-order valence-corrected chi connectivity index (χ2v) is 5.56. The van der Waals surface area contributed by atoms with Gasteiger partial charge in [0.05, 0.1) is 0 Å². The molecule has 4 heteroatoms. The molecule has 2 rings (SSSR count). The lowest BCUT2D eigenvalue weighted by Gasteiger charge is -2.32. The third kappa shape index (κ3) is 5.06. The molecule has 0 saturated carbocycles. The molecule has 4 nitrogen and oxygen atoms in total. The molecule has 0 aromatic heterocycles.